The summed E-state index contributed by atoms with van der Waals surface area (Å²) >= 11 is 0. The minimum Gasteiger partial charge on any atom is -0.504 e. The molecule has 0 amide bonds. The highest BCUT2D eigenvalue weighted by Gasteiger charge is 2.07. The van der Waals surface area contributed by atoms with Crippen LogP contribution in [0, 0.1) is 6.92 Å². The Morgan fingerprint density at radius 2 is 1.89 bits per heavy atom. The summed E-state index contributed by atoms with van der Waals surface area (Å²) in [6, 6.07) is 11.3. The Hall–Kier alpha value is -2.16. The van der Waals surface area contributed by atoms with Crippen LogP contribution in [0.15, 0.2) is 36.4 Å². The van der Waals surface area contributed by atoms with Crippen LogP contribution in [0.4, 0.5) is 0 Å². The van der Waals surface area contributed by atoms with E-state index in [0.717, 1.165) is 22.4 Å². The zero-order valence-electron chi connectivity index (χ0n) is 11.4. The van der Waals surface area contributed by atoms with E-state index in [-0.39, 0.29) is 5.75 Å². The Kier molecular flexibility index (Phi) is 3.95. The highest BCUT2D eigenvalue weighted by Crippen LogP contribution is 2.33. The molecule has 0 spiro atoms. The van der Waals surface area contributed by atoms with E-state index in [1.807, 2.05) is 38.1 Å². The molecular formula is C16H18O3. The van der Waals surface area contributed by atoms with Gasteiger partial charge < -0.3 is 14.6 Å². The first-order valence-electron chi connectivity index (χ1n) is 6.26. The lowest BCUT2D eigenvalue weighted by Gasteiger charge is -2.11. The van der Waals surface area contributed by atoms with Crippen LogP contribution in [0.2, 0.25) is 0 Å². The van der Waals surface area contributed by atoms with Gasteiger partial charge in [0.15, 0.2) is 11.5 Å². The number of methoxy groups -OCH3 is 1. The molecule has 19 heavy (non-hydrogen) atoms. The van der Waals surface area contributed by atoms with Crippen molar-refractivity contribution in [1.29, 1.82) is 0 Å². The average Bonchev–Trinajstić information content (AvgIpc) is 2.39. The lowest BCUT2D eigenvalue weighted by atomic mass is 10.00. The molecule has 2 aromatic carbocycles. The van der Waals surface area contributed by atoms with E-state index in [1.165, 1.54) is 7.11 Å². The molecule has 0 radical (unpaired) electrons. The number of rotatable bonds is 4. The van der Waals surface area contributed by atoms with Gasteiger partial charge >= 0.3 is 0 Å². The van der Waals surface area contributed by atoms with Gasteiger partial charge in [-0.3, -0.25) is 0 Å². The molecule has 0 fully saturated rings. The van der Waals surface area contributed by atoms with Gasteiger partial charge in [-0.25, -0.2) is 0 Å². The van der Waals surface area contributed by atoms with E-state index in [0.29, 0.717) is 12.4 Å². The van der Waals surface area contributed by atoms with E-state index in [9.17, 15) is 5.11 Å². The van der Waals surface area contributed by atoms with Crippen molar-refractivity contribution in [2.45, 2.75) is 13.8 Å². The van der Waals surface area contributed by atoms with Crippen LogP contribution in [0.25, 0.3) is 11.1 Å². The van der Waals surface area contributed by atoms with E-state index in [4.69, 9.17) is 9.47 Å². The SMILES string of the molecule is CCOc1ccc(-c2ccc(OC)c(O)c2)c(C)c1. The first-order valence-corrected chi connectivity index (χ1v) is 6.26. The number of ether oxygens (including phenoxy) is 2. The van der Waals surface area contributed by atoms with E-state index < -0.39 is 0 Å². The fourth-order valence-corrected chi connectivity index (χ4v) is 2.07. The fourth-order valence-electron chi connectivity index (χ4n) is 2.07. The van der Waals surface area contributed by atoms with Crippen LogP contribution in [0.5, 0.6) is 17.2 Å². The van der Waals surface area contributed by atoms with Crippen molar-refractivity contribution in [2.24, 2.45) is 0 Å². The first-order chi connectivity index (χ1) is 9.15. The summed E-state index contributed by atoms with van der Waals surface area (Å²) in [6.07, 6.45) is 0. The standard InChI is InChI=1S/C16H18O3/c1-4-19-13-6-7-14(11(2)9-13)12-5-8-16(18-3)15(17)10-12/h5-10,17H,4H2,1-3H3. The summed E-state index contributed by atoms with van der Waals surface area (Å²) in [5, 5.41) is 9.83. The maximum Gasteiger partial charge on any atom is 0.160 e. The highest BCUT2D eigenvalue weighted by atomic mass is 16.5. The van der Waals surface area contributed by atoms with Crippen LogP contribution in [-0.2, 0) is 0 Å². The van der Waals surface area contributed by atoms with E-state index in [1.54, 1.807) is 12.1 Å². The van der Waals surface area contributed by atoms with Gasteiger partial charge in [0.1, 0.15) is 5.75 Å². The minimum atomic E-state index is 0.147. The molecular weight excluding hydrogens is 240 g/mol. The summed E-state index contributed by atoms with van der Waals surface area (Å²) in [4.78, 5) is 0. The fraction of sp³-hybridized carbons (Fsp3) is 0.250. The van der Waals surface area contributed by atoms with Gasteiger partial charge in [0, 0.05) is 0 Å². The number of hydrogen-bond donors (Lipinski definition) is 1. The molecule has 0 aromatic heterocycles. The first kappa shape index (κ1) is 13.3. The molecule has 3 heteroatoms. The summed E-state index contributed by atoms with van der Waals surface area (Å²) in [6.45, 7) is 4.64. The summed E-state index contributed by atoms with van der Waals surface area (Å²) in [7, 11) is 1.54. The molecule has 0 bridgehead atoms. The molecule has 0 saturated carbocycles. The molecule has 3 nitrogen and oxygen atoms in total. The van der Waals surface area contributed by atoms with Crippen molar-refractivity contribution in [3.8, 4) is 28.4 Å². The van der Waals surface area contributed by atoms with E-state index in [2.05, 4.69) is 0 Å². The largest absolute Gasteiger partial charge is 0.504 e. The molecule has 2 rings (SSSR count). The second-order valence-electron chi connectivity index (χ2n) is 4.30. The van der Waals surface area contributed by atoms with Crippen molar-refractivity contribution >= 4 is 0 Å². The summed E-state index contributed by atoms with van der Waals surface area (Å²) < 4.78 is 10.5. The van der Waals surface area contributed by atoms with E-state index >= 15 is 0 Å². The number of benzene rings is 2. The van der Waals surface area contributed by atoms with Gasteiger partial charge in [-0.2, -0.15) is 0 Å². The number of phenols is 1. The predicted octanol–water partition coefficient (Wildman–Crippen LogP) is 3.77. The molecule has 0 saturated heterocycles. The predicted molar refractivity (Wildman–Crippen MR) is 76.0 cm³/mol. The lowest BCUT2D eigenvalue weighted by Crippen LogP contribution is -1.92. The summed E-state index contributed by atoms with van der Waals surface area (Å²) in [5.41, 5.74) is 3.13. The van der Waals surface area contributed by atoms with Crippen molar-refractivity contribution in [2.75, 3.05) is 13.7 Å². The van der Waals surface area contributed by atoms with Gasteiger partial charge in [-0.15, -0.1) is 0 Å². The lowest BCUT2D eigenvalue weighted by molar-refractivity contribution is 0.340. The number of phenolic OH excluding ortho intramolecular Hbond substituents is 1. The molecule has 1 N–H and O–H groups in total. The summed E-state index contributed by atoms with van der Waals surface area (Å²) in [5.74, 6) is 1.49. The van der Waals surface area contributed by atoms with Crippen molar-refractivity contribution in [3.05, 3.63) is 42.0 Å². The maximum absolute atomic E-state index is 9.83. The number of hydrogen-bond acceptors (Lipinski definition) is 3. The van der Waals surface area contributed by atoms with Crippen LogP contribution in [0.1, 0.15) is 12.5 Å². The second-order valence-corrected chi connectivity index (χ2v) is 4.30. The molecule has 0 heterocycles. The van der Waals surface area contributed by atoms with Gasteiger partial charge in [-0.05, 0) is 54.8 Å². The quantitative estimate of drug-likeness (QED) is 0.907. The Morgan fingerprint density at radius 3 is 2.47 bits per heavy atom. The van der Waals surface area contributed by atoms with Gasteiger partial charge in [0.25, 0.3) is 0 Å². The Morgan fingerprint density at radius 1 is 1.11 bits per heavy atom. The van der Waals surface area contributed by atoms with Crippen LogP contribution < -0.4 is 9.47 Å². The smallest absolute Gasteiger partial charge is 0.160 e. The molecule has 0 atom stereocenters. The monoisotopic (exact) mass is 258 g/mol. The Labute approximate surface area is 113 Å². The number of aromatic hydroxyl groups is 1. The molecule has 0 unspecified atom stereocenters. The highest BCUT2D eigenvalue weighted by molar-refractivity contribution is 5.70. The van der Waals surface area contributed by atoms with Crippen molar-refractivity contribution in [1.82, 2.24) is 0 Å². The Balaban J connectivity index is 2.39. The Bertz CT molecular complexity index is 576. The van der Waals surface area contributed by atoms with Crippen LogP contribution in [-0.4, -0.2) is 18.8 Å². The van der Waals surface area contributed by atoms with Crippen LogP contribution in [0.3, 0.4) is 0 Å². The zero-order chi connectivity index (χ0) is 13.8. The maximum atomic E-state index is 9.83. The third-order valence-electron chi connectivity index (χ3n) is 3.00. The third-order valence-corrected chi connectivity index (χ3v) is 3.00. The van der Waals surface area contributed by atoms with Gasteiger partial charge in [-0.1, -0.05) is 12.1 Å². The van der Waals surface area contributed by atoms with Crippen molar-refractivity contribution in [3.63, 3.8) is 0 Å². The molecule has 0 aliphatic heterocycles. The molecule has 0 aliphatic rings. The minimum absolute atomic E-state index is 0.147. The molecule has 100 valence electrons. The van der Waals surface area contributed by atoms with Crippen LogP contribution >= 0.6 is 0 Å². The average molecular weight is 258 g/mol. The zero-order valence-corrected chi connectivity index (χ0v) is 11.4. The molecule has 2 aromatic rings. The van der Waals surface area contributed by atoms with Crippen molar-refractivity contribution < 1.29 is 14.6 Å². The second kappa shape index (κ2) is 5.65. The normalized spacial score (nSPS) is 10.3. The topological polar surface area (TPSA) is 38.7 Å². The van der Waals surface area contributed by atoms with Gasteiger partial charge in [0.05, 0.1) is 13.7 Å². The third kappa shape index (κ3) is 2.81. The van der Waals surface area contributed by atoms with Gasteiger partial charge in [0.2, 0.25) is 0 Å². The number of aryl methyl sites for hydroxylation is 1. The molecule has 0 aliphatic carbocycles.